The van der Waals surface area contributed by atoms with Crippen LogP contribution in [0.4, 0.5) is 5.69 Å². The first-order valence-electron chi connectivity index (χ1n) is 3.54. The SMILES string of the molecule is Cl.NC1C(=O)Nc2ccc(Cl)cc21. The molecule has 1 heterocycles. The molecule has 70 valence electrons. The molecule has 1 unspecified atom stereocenters. The van der Waals surface area contributed by atoms with Gasteiger partial charge >= 0.3 is 0 Å². The van der Waals surface area contributed by atoms with Gasteiger partial charge in [0.1, 0.15) is 6.04 Å². The van der Waals surface area contributed by atoms with E-state index in [9.17, 15) is 4.79 Å². The zero-order chi connectivity index (χ0) is 8.72. The molecule has 1 atom stereocenters. The number of rotatable bonds is 0. The Kier molecular flexibility index (Phi) is 2.81. The highest BCUT2D eigenvalue weighted by atomic mass is 35.5. The molecule has 2 rings (SSSR count). The Labute approximate surface area is 86.7 Å². The molecule has 1 aromatic carbocycles. The van der Waals surface area contributed by atoms with Crippen molar-refractivity contribution >= 4 is 35.6 Å². The van der Waals surface area contributed by atoms with E-state index in [-0.39, 0.29) is 18.3 Å². The minimum Gasteiger partial charge on any atom is -0.324 e. The fourth-order valence-electron chi connectivity index (χ4n) is 1.26. The summed E-state index contributed by atoms with van der Waals surface area (Å²) in [5, 5.41) is 3.25. The summed E-state index contributed by atoms with van der Waals surface area (Å²) in [5.41, 5.74) is 7.12. The number of nitrogens with one attached hydrogen (secondary N) is 1. The van der Waals surface area contributed by atoms with Crippen molar-refractivity contribution in [3.8, 4) is 0 Å². The van der Waals surface area contributed by atoms with E-state index in [1.165, 1.54) is 0 Å². The number of carbonyl (C=O) groups excluding carboxylic acids is 1. The van der Waals surface area contributed by atoms with Crippen LogP contribution in [0.2, 0.25) is 5.02 Å². The summed E-state index contributed by atoms with van der Waals surface area (Å²) in [7, 11) is 0. The molecular formula is C8H8Cl2N2O. The normalized spacial score (nSPS) is 18.9. The molecule has 0 spiro atoms. The minimum absolute atomic E-state index is 0. The van der Waals surface area contributed by atoms with E-state index >= 15 is 0 Å². The van der Waals surface area contributed by atoms with Crippen molar-refractivity contribution in [2.45, 2.75) is 6.04 Å². The van der Waals surface area contributed by atoms with Gasteiger partial charge in [-0.05, 0) is 18.2 Å². The first-order valence-corrected chi connectivity index (χ1v) is 3.92. The number of anilines is 1. The van der Waals surface area contributed by atoms with Gasteiger partial charge in [0.25, 0.3) is 0 Å². The fraction of sp³-hybridized carbons (Fsp3) is 0.125. The fourth-order valence-corrected chi connectivity index (χ4v) is 1.44. The molecule has 1 aliphatic rings. The highest BCUT2D eigenvalue weighted by molar-refractivity contribution is 6.30. The zero-order valence-corrected chi connectivity index (χ0v) is 8.15. The minimum atomic E-state index is -0.571. The smallest absolute Gasteiger partial charge is 0.245 e. The predicted octanol–water partition coefficient (Wildman–Crippen LogP) is 1.71. The second-order valence-corrected chi connectivity index (χ2v) is 3.13. The Bertz CT molecular complexity index is 354. The van der Waals surface area contributed by atoms with Crippen molar-refractivity contribution in [3.05, 3.63) is 28.8 Å². The number of fused-ring (bicyclic) bond motifs is 1. The van der Waals surface area contributed by atoms with E-state index in [0.717, 1.165) is 11.3 Å². The summed E-state index contributed by atoms with van der Waals surface area (Å²) in [6.07, 6.45) is 0. The van der Waals surface area contributed by atoms with E-state index in [0.29, 0.717) is 5.02 Å². The Morgan fingerprint density at radius 1 is 1.46 bits per heavy atom. The van der Waals surface area contributed by atoms with Crippen molar-refractivity contribution in [2.24, 2.45) is 5.73 Å². The Morgan fingerprint density at radius 2 is 2.15 bits per heavy atom. The lowest BCUT2D eigenvalue weighted by Gasteiger charge is -2.00. The Hall–Kier alpha value is -0.770. The molecule has 0 saturated heterocycles. The van der Waals surface area contributed by atoms with Gasteiger partial charge in [0.2, 0.25) is 5.91 Å². The third kappa shape index (κ3) is 1.63. The average molecular weight is 219 g/mol. The molecule has 3 nitrogen and oxygen atoms in total. The summed E-state index contributed by atoms with van der Waals surface area (Å²) < 4.78 is 0. The third-order valence-corrected chi connectivity index (χ3v) is 2.12. The third-order valence-electron chi connectivity index (χ3n) is 1.89. The van der Waals surface area contributed by atoms with Crippen LogP contribution in [0, 0.1) is 0 Å². The number of halogens is 2. The summed E-state index contributed by atoms with van der Waals surface area (Å²) >= 11 is 5.74. The molecule has 5 heteroatoms. The van der Waals surface area contributed by atoms with E-state index in [4.69, 9.17) is 17.3 Å². The van der Waals surface area contributed by atoms with Crippen LogP contribution in [0.1, 0.15) is 11.6 Å². The van der Waals surface area contributed by atoms with Crippen molar-refractivity contribution < 1.29 is 4.79 Å². The van der Waals surface area contributed by atoms with Crippen molar-refractivity contribution in [1.29, 1.82) is 0 Å². The van der Waals surface area contributed by atoms with E-state index in [2.05, 4.69) is 5.32 Å². The maximum atomic E-state index is 11.1. The van der Waals surface area contributed by atoms with E-state index in [1.807, 2.05) is 0 Å². The molecule has 0 fully saturated rings. The number of hydrogen-bond donors (Lipinski definition) is 2. The van der Waals surface area contributed by atoms with Crippen LogP contribution in [-0.2, 0) is 4.79 Å². The molecule has 3 N–H and O–H groups in total. The molecule has 0 aromatic heterocycles. The van der Waals surface area contributed by atoms with Gasteiger partial charge in [0.15, 0.2) is 0 Å². The molecule has 1 aliphatic heterocycles. The van der Waals surface area contributed by atoms with Gasteiger partial charge in [0.05, 0.1) is 0 Å². The largest absolute Gasteiger partial charge is 0.324 e. The van der Waals surface area contributed by atoms with Gasteiger partial charge in [-0.15, -0.1) is 12.4 Å². The lowest BCUT2D eigenvalue weighted by Crippen LogP contribution is -2.19. The average Bonchev–Trinajstić information content (AvgIpc) is 2.31. The zero-order valence-electron chi connectivity index (χ0n) is 6.58. The monoisotopic (exact) mass is 218 g/mol. The molecule has 0 radical (unpaired) electrons. The lowest BCUT2D eigenvalue weighted by molar-refractivity contribution is -0.116. The van der Waals surface area contributed by atoms with Gasteiger partial charge in [-0.1, -0.05) is 11.6 Å². The molecule has 13 heavy (non-hydrogen) atoms. The molecule has 1 aromatic rings. The molecule has 0 aliphatic carbocycles. The predicted molar refractivity (Wildman–Crippen MR) is 54.3 cm³/mol. The highest BCUT2D eigenvalue weighted by Crippen LogP contribution is 2.30. The first-order chi connectivity index (χ1) is 5.68. The van der Waals surface area contributed by atoms with Crippen LogP contribution < -0.4 is 11.1 Å². The van der Waals surface area contributed by atoms with Crippen LogP contribution in [0.3, 0.4) is 0 Å². The Morgan fingerprint density at radius 3 is 2.85 bits per heavy atom. The summed E-state index contributed by atoms with van der Waals surface area (Å²) in [6.45, 7) is 0. The molecular weight excluding hydrogens is 211 g/mol. The summed E-state index contributed by atoms with van der Waals surface area (Å²) in [5.74, 6) is -0.174. The second-order valence-electron chi connectivity index (χ2n) is 2.70. The number of carbonyl (C=O) groups is 1. The van der Waals surface area contributed by atoms with Crippen LogP contribution in [0.15, 0.2) is 18.2 Å². The summed E-state index contributed by atoms with van der Waals surface area (Å²) in [6, 6.07) is 4.61. The van der Waals surface area contributed by atoms with Gasteiger partial charge in [0, 0.05) is 16.3 Å². The van der Waals surface area contributed by atoms with Crippen molar-refractivity contribution in [2.75, 3.05) is 5.32 Å². The molecule has 0 saturated carbocycles. The van der Waals surface area contributed by atoms with E-state index in [1.54, 1.807) is 18.2 Å². The van der Waals surface area contributed by atoms with Gasteiger partial charge < -0.3 is 11.1 Å². The van der Waals surface area contributed by atoms with Gasteiger partial charge in [-0.25, -0.2) is 0 Å². The number of nitrogens with two attached hydrogens (primary N) is 1. The van der Waals surface area contributed by atoms with Crippen LogP contribution in [-0.4, -0.2) is 5.91 Å². The first kappa shape index (κ1) is 10.3. The maximum absolute atomic E-state index is 11.1. The van der Waals surface area contributed by atoms with E-state index < -0.39 is 6.04 Å². The standard InChI is InChI=1S/C8H7ClN2O.ClH/c9-4-1-2-6-5(3-4)7(10)8(12)11-6;/h1-3,7H,10H2,(H,11,12);1H. The lowest BCUT2D eigenvalue weighted by atomic mass is 10.1. The topological polar surface area (TPSA) is 55.1 Å². The van der Waals surface area contributed by atoms with Crippen LogP contribution in [0.25, 0.3) is 0 Å². The highest BCUT2D eigenvalue weighted by Gasteiger charge is 2.26. The molecule has 0 bridgehead atoms. The van der Waals surface area contributed by atoms with Crippen molar-refractivity contribution in [1.82, 2.24) is 0 Å². The van der Waals surface area contributed by atoms with Crippen LogP contribution in [0.5, 0.6) is 0 Å². The maximum Gasteiger partial charge on any atom is 0.245 e. The Balaban J connectivity index is 0.000000845. The number of amides is 1. The van der Waals surface area contributed by atoms with Gasteiger partial charge in [-0.2, -0.15) is 0 Å². The quantitative estimate of drug-likeness (QED) is 0.697. The van der Waals surface area contributed by atoms with Crippen LogP contribution >= 0.6 is 24.0 Å². The van der Waals surface area contributed by atoms with Crippen molar-refractivity contribution in [3.63, 3.8) is 0 Å². The van der Waals surface area contributed by atoms with Gasteiger partial charge in [-0.3, -0.25) is 4.79 Å². The molecule has 1 amide bonds. The number of benzene rings is 1. The second kappa shape index (κ2) is 3.54. The number of hydrogen-bond acceptors (Lipinski definition) is 2. The summed E-state index contributed by atoms with van der Waals surface area (Å²) in [4.78, 5) is 11.1.